The summed E-state index contributed by atoms with van der Waals surface area (Å²) in [5.41, 5.74) is 1.92. The molecule has 0 fully saturated rings. The Morgan fingerprint density at radius 3 is 2.32 bits per heavy atom. The van der Waals surface area contributed by atoms with Crippen LogP contribution in [-0.2, 0) is 27.3 Å². The predicted octanol–water partition coefficient (Wildman–Crippen LogP) is 3.86. The molecule has 0 aliphatic heterocycles. The molecule has 0 heterocycles. The summed E-state index contributed by atoms with van der Waals surface area (Å²) in [6.45, 7) is 2.91. The van der Waals surface area contributed by atoms with Crippen molar-refractivity contribution in [3.63, 3.8) is 0 Å². The Labute approximate surface area is 153 Å². The van der Waals surface area contributed by atoms with Gasteiger partial charge in [0.05, 0.1) is 19.4 Å². The summed E-state index contributed by atoms with van der Waals surface area (Å²) in [6, 6.07) is 16.9. The van der Waals surface area contributed by atoms with Crippen LogP contribution in [0.3, 0.4) is 0 Å². The van der Waals surface area contributed by atoms with E-state index in [4.69, 9.17) is 16.3 Å². The van der Waals surface area contributed by atoms with Gasteiger partial charge in [0.25, 0.3) is 0 Å². The van der Waals surface area contributed by atoms with Gasteiger partial charge < -0.3 is 9.64 Å². The molecular formula is C20H22ClNO3. The van der Waals surface area contributed by atoms with Gasteiger partial charge in [0.2, 0.25) is 5.91 Å². The van der Waals surface area contributed by atoms with E-state index in [9.17, 15) is 9.59 Å². The first-order valence-electron chi connectivity index (χ1n) is 8.30. The van der Waals surface area contributed by atoms with Crippen molar-refractivity contribution in [2.24, 2.45) is 0 Å². The molecule has 0 radical (unpaired) electrons. The van der Waals surface area contributed by atoms with Gasteiger partial charge in [-0.05, 0) is 30.2 Å². The monoisotopic (exact) mass is 359 g/mol. The number of halogens is 1. The first-order valence-corrected chi connectivity index (χ1v) is 8.68. The van der Waals surface area contributed by atoms with Crippen molar-refractivity contribution in [1.82, 2.24) is 4.90 Å². The van der Waals surface area contributed by atoms with Crippen molar-refractivity contribution < 1.29 is 14.3 Å². The lowest BCUT2D eigenvalue weighted by molar-refractivity contribution is -0.144. The Kier molecular flexibility index (Phi) is 7.48. The van der Waals surface area contributed by atoms with E-state index in [0.29, 0.717) is 24.7 Å². The van der Waals surface area contributed by atoms with Crippen LogP contribution < -0.4 is 0 Å². The number of carbonyl (C=O) groups excluding carboxylic acids is 2. The van der Waals surface area contributed by atoms with E-state index in [1.165, 1.54) is 0 Å². The number of esters is 1. The molecule has 2 rings (SSSR count). The average Bonchev–Trinajstić information content (AvgIpc) is 2.61. The highest BCUT2D eigenvalue weighted by Crippen LogP contribution is 2.13. The summed E-state index contributed by atoms with van der Waals surface area (Å²) in [5, 5.41) is 0.639. The lowest BCUT2D eigenvalue weighted by atomic mass is 10.1. The normalized spacial score (nSPS) is 10.3. The van der Waals surface area contributed by atoms with Gasteiger partial charge in [0.1, 0.15) is 0 Å². The van der Waals surface area contributed by atoms with Crippen molar-refractivity contribution >= 4 is 23.5 Å². The second-order valence-corrected chi connectivity index (χ2v) is 6.10. The Balaban J connectivity index is 2.04. The third-order valence-corrected chi connectivity index (χ3v) is 3.98. The number of nitrogens with zero attached hydrogens (tertiary/aromatic N) is 1. The Morgan fingerprint density at radius 1 is 1.00 bits per heavy atom. The zero-order valence-corrected chi connectivity index (χ0v) is 15.0. The number of hydrogen-bond acceptors (Lipinski definition) is 3. The second-order valence-electron chi connectivity index (χ2n) is 5.66. The highest BCUT2D eigenvalue weighted by molar-refractivity contribution is 6.30. The highest BCUT2D eigenvalue weighted by Gasteiger charge is 2.16. The van der Waals surface area contributed by atoms with Crippen LogP contribution in [0.2, 0.25) is 5.02 Å². The van der Waals surface area contributed by atoms with Crippen LogP contribution in [0.1, 0.15) is 24.5 Å². The van der Waals surface area contributed by atoms with Crippen LogP contribution in [0.5, 0.6) is 0 Å². The van der Waals surface area contributed by atoms with Gasteiger partial charge >= 0.3 is 5.97 Å². The summed E-state index contributed by atoms with van der Waals surface area (Å²) < 4.78 is 4.96. The molecule has 2 aromatic carbocycles. The number of amides is 1. The van der Waals surface area contributed by atoms with Crippen LogP contribution >= 0.6 is 11.6 Å². The van der Waals surface area contributed by atoms with Gasteiger partial charge in [-0.15, -0.1) is 0 Å². The van der Waals surface area contributed by atoms with Gasteiger partial charge in [-0.3, -0.25) is 9.59 Å². The number of hydrogen-bond donors (Lipinski definition) is 0. The SMILES string of the molecule is CCOC(=O)CCN(Cc1ccccc1)C(=O)Cc1ccc(Cl)cc1. The summed E-state index contributed by atoms with van der Waals surface area (Å²) in [6.07, 6.45) is 0.458. The number of carbonyl (C=O) groups is 2. The lowest BCUT2D eigenvalue weighted by Gasteiger charge is -2.23. The summed E-state index contributed by atoms with van der Waals surface area (Å²) in [5.74, 6) is -0.324. The minimum atomic E-state index is -0.292. The summed E-state index contributed by atoms with van der Waals surface area (Å²) in [7, 11) is 0. The van der Waals surface area contributed by atoms with Crippen LogP contribution in [0.4, 0.5) is 0 Å². The van der Waals surface area contributed by atoms with Crippen LogP contribution in [0.15, 0.2) is 54.6 Å². The average molecular weight is 360 g/mol. The van der Waals surface area contributed by atoms with E-state index in [0.717, 1.165) is 11.1 Å². The Hall–Kier alpha value is -2.33. The molecule has 2 aromatic rings. The van der Waals surface area contributed by atoms with Gasteiger partial charge in [0.15, 0.2) is 0 Å². The zero-order valence-electron chi connectivity index (χ0n) is 14.3. The fourth-order valence-corrected chi connectivity index (χ4v) is 2.57. The van der Waals surface area contributed by atoms with Crippen molar-refractivity contribution in [2.45, 2.75) is 26.3 Å². The molecule has 5 heteroatoms. The molecule has 0 aromatic heterocycles. The van der Waals surface area contributed by atoms with Crippen LogP contribution in [0, 0.1) is 0 Å². The summed E-state index contributed by atoms with van der Waals surface area (Å²) >= 11 is 5.89. The maximum Gasteiger partial charge on any atom is 0.307 e. The molecule has 4 nitrogen and oxygen atoms in total. The maximum atomic E-state index is 12.7. The smallest absolute Gasteiger partial charge is 0.307 e. The second kappa shape index (κ2) is 9.84. The molecule has 0 saturated heterocycles. The quantitative estimate of drug-likeness (QED) is 0.672. The van der Waals surface area contributed by atoms with E-state index in [1.54, 1.807) is 24.0 Å². The predicted molar refractivity (Wildman–Crippen MR) is 98.3 cm³/mol. The van der Waals surface area contributed by atoms with Gasteiger partial charge in [-0.1, -0.05) is 54.1 Å². The van der Waals surface area contributed by atoms with E-state index in [-0.39, 0.29) is 24.7 Å². The molecule has 0 atom stereocenters. The van der Waals surface area contributed by atoms with Gasteiger partial charge in [-0.2, -0.15) is 0 Å². The molecule has 0 aliphatic rings. The minimum Gasteiger partial charge on any atom is -0.466 e. The van der Waals surface area contributed by atoms with Crippen molar-refractivity contribution in [3.05, 3.63) is 70.7 Å². The molecule has 0 bridgehead atoms. The number of ether oxygens (including phenoxy) is 1. The maximum absolute atomic E-state index is 12.7. The zero-order chi connectivity index (χ0) is 18.1. The summed E-state index contributed by atoms with van der Waals surface area (Å²) in [4.78, 5) is 26.1. The van der Waals surface area contributed by atoms with E-state index >= 15 is 0 Å². The van der Waals surface area contributed by atoms with E-state index in [2.05, 4.69) is 0 Å². The van der Waals surface area contributed by atoms with Crippen LogP contribution in [0.25, 0.3) is 0 Å². The van der Waals surface area contributed by atoms with Gasteiger partial charge in [-0.25, -0.2) is 0 Å². The molecule has 132 valence electrons. The molecule has 25 heavy (non-hydrogen) atoms. The largest absolute Gasteiger partial charge is 0.466 e. The molecule has 0 N–H and O–H groups in total. The van der Waals surface area contributed by atoms with Crippen molar-refractivity contribution in [2.75, 3.05) is 13.2 Å². The van der Waals surface area contributed by atoms with E-state index < -0.39 is 0 Å². The molecule has 0 unspecified atom stereocenters. The third kappa shape index (κ3) is 6.59. The molecule has 1 amide bonds. The first-order chi connectivity index (χ1) is 12.1. The topological polar surface area (TPSA) is 46.6 Å². The van der Waals surface area contributed by atoms with Crippen LogP contribution in [-0.4, -0.2) is 29.9 Å². The Morgan fingerprint density at radius 2 is 1.68 bits per heavy atom. The minimum absolute atomic E-state index is 0.0320. The molecular weight excluding hydrogens is 338 g/mol. The Bertz CT molecular complexity index is 686. The van der Waals surface area contributed by atoms with Crippen molar-refractivity contribution in [3.8, 4) is 0 Å². The number of benzene rings is 2. The van der Waals surface area contributed by atoms with Gasteiger partial charge in [0, 0.05) is 18.1 Å². The first kappa shape index (κ1) is 19.0. The molecule has 0 spiro atoms. The van der Waals surface area contributed by atoms with Crippen molar-refractivity contribution in [1.29, 1.82) is 0 Å². The lowest BCUT2D eigenvalue weighted by Crippen LogP contribution is -2.34. The van der Waals surface area contributed by atoms with E-state index in [1.807, 2.05) is 42.5 Å². The highest BCUT2D eigenvalue weighted by atomic mass is 35.5. The molecule has 0 saturated carbocycles. The standard InChI is InChI=1S/C20H22ClNO3/c1-2-25-20(24)12-13-22(15-17-6-4-3-5-7-17)19(23)14-16-8-10-18(21)11-9-16/h3-11H,2,12-15H2,1H3. The molecule has 0 aliphatic carbocycles. The fourth-order valence-electron chi connectivity index (χ4n) is 2.44. The number of rotatable bonds is 8. The fraction of sp³-hybridized carbons (Fsp3) is 0.300. The third-order valence-electron chi connectivity index (χ3n) is 3.73.